The first-order chi connectivity index (χ1) is 12.7. The van der Waals surface area contributed by atoms with E-state index in [1.54, 1.807) is 0 Å². The van der Waals surface area contributed by atoms with Crippen molar-refractivity contribution < 1.29 is 4.57 Å². The molecular weight excluding hydrogens is 332 g/mol. The number of hydrogen-bond donors (Lipinski definition) is 0. The van der Waals surface area contributed by atoms with Gasteiger partial charge in [0.1, 0.15) is 11.4 Å². The van der Waals surface area contributed by atoms with Crippen LogP contribution >= 0.6 is 0 Å². The molecule has 0 fully saturated rings. The van der Waals surface area contributed by atoms with Gasteiger partial charge in [-0.2, -0.15) is 0 Å². The van der Waals surface area contributed by atoms with Crippen LogP contribution in [0.4, 0.5) is 28.6 Å². The topological polar surface area (TPSA) is 16.8 Å². The summed E-state index contributed by atoms with van der Waals surface area (Å²) >= 11 is 0. The van der Waals surface area contributed by atoms with Crippen molar-refractivity contribution in [3.8, 4) is 0 Å². The van der Waals surface area contributed by atoms with E-state index in [0.29, 0.717) is 6.98 Å². The molecule has 0 saturated carbocycles. The van der Waals surface area contributed by atoms with Crippen molar-refractivity contribution in [3.05, 3.63) is 35.0 Å². The van der Waals surface area contributed by atoms with E-state index in [9.17, 15) is 0 Å². The fraction of sp³-hybridized carbons (Fsp3) is 0.450. The molecule has 0 unspecified atom stereocenters. The molecular formula is C20H30B2N5+. The van der Waals surface area contributed by atoms with Gasteiger partial charge in [0.2, 0.25) is 0 Å². The second-order valence-corrected chi connectivity index (χ2v) is 8.26. The van der Waals surface area contributed by atoms with E-state index in [4.69, 9.17) is 0 Å². The molecule has 0 N–H and O–H groups in total. The maximum absolute atomic E-state index is 2.49. The lowest BCUT2D eigenvalue weighted by molar-refractivity contribution is -0.657. The molecule has 140 valence electrons. The van der Waals surface area contributed by atoms with E-state index in [1.807, 2.05) is 0 Å². The van der Waals surface area contributed by atoms with Crippen LogP contribution in [-0.2, 0) is 7.05 Å². The molecule has 5 nitrogen and oxygen atoms in total. The van der Waals surface area contributed by atoms with E-state index in [-0.39, 0.29) is 6.98 Å². The lowest BCUT2D eigenvalue weighted by Gasteiger charge is -2.23. The summed E-state index contributed by atoms with van der Waals surface area (Å²) in [5.74, 6) is 1.28. The van der Waals surface area contributed by atoms with Gasteiger partial charge in [-0.3, -0.25) is 4.81 Å². The van der Waals surface area contributed by atoms with Gasteiger partial charge >= 0.3 is 14.0 Å². The summed E-state index contributed by atoms with van der Waals surface area (Å²) in [6.07, 6.45) is 2.25. The Morgan fingerprint density at radius 2 is 1.37 bits per heavy atom. The van der Waals surface area contributed by atoms with E-state index >= 15 is 0 Å². The minimum Gasteiger partial charge on any atom is -0.397 e. The molecule has 4 rings (SSSR count). The largest absolute Gasteiger partial charge is 0.498 e. The first-order valence-corrected chi connectivity index (χ1v) is 9.78. The molecule has 27 heavy (non-hydrogen) atoms. The third-order valence-electron chi connectivity index (χ3n) is 6.89. The maximum Gasteiger partial charge on any atom is 0.498 e. The molecule has 2 aromatic rings. The van der Waals surface area contributed by atoms with Crippen molar-refractivity contribution in [2.24, 2.45) is 7.05 Å². The van der Waals surface area contributed by atoms with Crippen LogP contribution in [0.15, 0.2) is 18.3 Å². The van der Waals surface area contributed by atoms with Gasteiger partial charge in [-0.05, 0) is 78.8 Å². The Morgan fingerprint density at radius 1 is 0.778 bits per heavy atom. The predicted octanol–water partition coefficient (Wildman–Crippen LogP) is 3.15. The van der Waals surface area contributed by atoms with Crippen molar-refractivity contribution in [2.75, 3.05) is 40.4 Å². The summed E-state index contributed by atoms with van der Waals surface area (Å²) in [5, 5.41) is 0. The van der Waals surface area contributed by atoms with E-state index < -0.39 is 0 Å². The summed E-state index contributed by atoms with van der Waals surface area (Å²) < 4.78 is 2.28. The van der Waals surface area contributed by atoms with Gasteiger partial charge < -0.3 is 14.4 Å². The average molecular weight is 362 g/mol. The highest BCUT2D eigenvalue weighted by Crippen LogP contribution is 2.48. The molecule has 1 aromatic carbocycles. The molecule has 0 radical (unpaired) electrons. The van der Waals surface area contributed by atoms with Gasteiger partial charge in [-0.15, -0.1) is 0 Å². The molecule has 7 heteroatoms. The summed E-state index contributed by atoms with van der Waals surface area (Å²) in [4.78, 5) is 9.64. The minimum absolute atomic E-state index is 0.269. The quantitative estimate of drug-likeness (QED) is 0.572. The third-order valence-corrected chi connectivity index (χ3v) is 6.89. The number of nitrogens with zero attached hydrogens (tertiary/aromatic N) is 5. The first kappa shape index (κ1) is 18.1. The maximum atomic E-state index is 2.49. The molecule has 0 bridgehead atoms. The molecule has 0 saturated heterocycles. The van der Waals surface area contributed by atoms with Gasteiger partial charge in [0.25, 0.3) is 5.82 Å². The number of anilines is 5. The second kappa shape index (κ2) is 5.85. The van der Waals surface area contributed by atoms with Crippen LogP contribution in [0.2, 0.25) is 13.6 Å². The summed E-state index contributed by atoms with van der Waals surface area (Å²) in [5.41, 5.74) is 9.33. The highest BCUT2D eigenvalue weighted by Gasteiger charge is 2.48. The Balaban J connectivity index is 1.94. The van der Waals surface area contributed by atoms with Crippen LogP contribution in [0.1, 0.15) is 16.7 Å². The highest BCUT2D eigenvalue weighted by atomic mass is 15.3. The van der Waals surface area contributed by atoms with Crippen LogP contribution in [0.3, 0.4) is 0 Å². The molecule has 1 aromatic heterocycles. The number of aromatic nitrogens is 1. The molecule has 0 aliphatic carbocycles. The van der Waals surface area contributed by atoms with Crippen molar-refractivity contribution in [1.29, 1.82) is 0 Å². The van der Waals surface area contributed by atoms with Crippen molar-refractivity contribution in [3.63, 3.8) is 0 Å². The Bertz CT molecular complexity index is 945. The zero-order valence-corrected chi connectivity index (χ0v) is 18.1. The van der Waals surface area contributed by atoms with Crippen molar-refractivity contribution >= 4 is 42.5 Å². The molecule has 0 atom stereocenters. The summed E-state index contributed by atoms with van der Waals surface area (Å²) in [6, 6.07) is 4.58. The summed E-state index contributed by atoms with van der Waals surface area (Å²) in [6.45, 7) is 11.9. The van der Waals surface area contributed by atoms with Crippen molar-refractivity contribution in [1.82, 2.24) is 0 Å². The lowest BCUT2D eigenvalue weighted by Crippen LogP contribution is -2.44. The van der Waals surface area contributed by atoms with Crippen LogP contribution < -0.4 is 23.8 Å². The van der Waals surface area contributed by atoms with Crippen LogP contribution in [0.25, 0.3) is 0 Å². The van der Waals surface area contributed by atoms with E-state index in [2.05, 4.69) is 105 Å². The number of aryl methyl sites for hydroxylation is 2. The molecule has 0 amide bonds. The first-order valence-electron chi connectivity index (χ1n) is 9.78. The zero-order chi connectivity index (χ0) is 19.8. The third kappa shape index (κ3) is 2.23. The van der Waals surface area contributed by atoms with Gasteiger partial charge in [-0.25, -0.2) is 4.57 Å². The van der Waals surface area contributed by atoms with Crippen LogP contribution in [0, 0.1) is 20.8 Å². The Labute approximate surface area is 164 Å². The Kier molecular flexibility index (Phi) is 3.92. The van der Waals surface area contributed by atoms with Crippen LogP contribution in [0.5, 0.6) is 0 Å². The molecule has 2 aliphatic heterocycles. The normalized spacial score (nSPS) is 15.9. The number of benzene rings is 1. The molecule has 3 heterocycles. The van der Waals surface area contributed by atoms with Gasteiger partial charge in [-0.1, -0.05) is 0 Å². The number of fused-ring (bicyclic) bond motifs is 2. The zero-order valence-electron chi connectivity index (χ0n) is 18.1. The Morgan fingerprint density at radius 3 is 2.04 bits per heavy atom. The van der Waals surface area contributed by atoms with Gasteiger partial charge in [0.15, 0.2) is 0 Å². The van der Waals surface area contributed by atoms with Crippen molar-refractivity contribution in [2.45, 2.75) is 34.4 Å². The average Bonchev–Trinajstić information content (AvgIpc) is 3.01. The minimum atomic E-state index is 0.269. The molecule has 0 spiro atoms. The van der Waals surface area contributed by atoms with Gasteiger partial charge in [0.05, 0.1) is 18.9 Å². The predicted molar refractivity (Wildman–Crippen MR) is 119 cm³/mol. The van der Waals surface area contributed by atoms with E-state index in [0.717, 1.165) is 0 Å². The van der Waals surface area contributed by atoms with E-state index in [1.165, 1.54) is 45.3 Å². The summed E-state index contributed by atoms with van der Waals surface area (Å²) in [7, 11) is 8.75. The lowest BCUT2D eigenvalue weighted by atomic mass is 9.76. The fourth-order valence-corrected chi connectivity index (χ4v) is 4.84. The Hall–Kier alpha value is -2.30. The highest BCUT2D eigenvalue weighted by molar-refractivity contribution is 6.70. The SMILES string of the molecule is CB1N(C)c2ccc(N3B(C)N(C)c4c(C)c(C)c[n+](C)c43)c(C)c2N1C. The monoisotopic (exact) mass is 362 g/mol. The van der Waals surface area contributed by atoms with Gasteiger partial charge in [0, 0.05) is 11.3 Å². The van der Waals surface area contributed by atoms with Crippen LogP contribution in [-0.4, -0.2) is 35.1 Å². The fourth-order valence-electron chi connectivity index (χ4n) is 4.84. The standard InChI is InChI=1S/C20H30B2N5/c1-13-12-23(6)20-19(14(13)2)26(9)22(5)27(20)16-10-11-17-18(15(16)3)25(8)21(4)24(17)7/h10-12H,1-9H3/q+1. The number of pyridine rings is 1. The number of hydrogen-bond acceptors (Lipinski definition) is 4. The smallest absolute Gasteiger partial charge is 0.397 e. The molecule has 2 aliphatic rings. The number of rotatable bonds is 1. The second-order valence-electron chi connectivity index (χ2n) is 8.26.